The van der Waals surface area contributed by atoms with Crippen molar-refractivity contribution in [1.82, 2.24) is 9.99 Å². The fraction of sp³-hybridized carbons (Fsp3) is 0.150. The Labute approximate surface area is 154 Å². The van der Waals surface area contributed by atoms with Crippen molar-refractivity contribution in [3.05, 3.63) is 69.5 Å². The average molecular weight is 363 g/mol. The van der Waals surface area contributed by atoms with Crippen molar-refractivity contribution in [2.75, 3.05) is 0 Å². The maximum Gasteiger partial charge on any atom is 0.280 e. The van der Waals surface area contributed by atoms with Gasteiger partial charge in [-0.25, -0.2) is 5.43 Å². The minimum Gasteiger partial charge on any atom is -0.508 e. The highest BCUT2D eigenvalue weighted by molar-refractivity contribution is 6.03. The van der Waals surface area contributed by atoms with Crippen LogP contribution in [0.25, 0.3) is 10.9 Å². The van der Waals surface area contributed by atoms with E-state index in [0.29, 0.717) is 23.0 Å². The first-order valence-electron chi connectivity index (χ1n) is 8.56. The number of phenols is 1. The first-order valence-corrected chi connectivity index (χ1v) is 8.56. The van der Waals surface area contributed by atoms with Gasteiger partial charge in [0.15, 0.2) is 0 Å². The molecule has 3 aromatic rings. The molecule has 0 unspecified atom stereocenters. The third kappa shape index (κ3) is 2.93. The number of hydrogen-bond donors (Lipinski definition) is 3. The summed E-state index contributed by atoms with van der Waals surface area (Å²) in [5.41, 5.74) is 3.67. The molecule has 7 heteroatoms. The lowest BCUT2D eigenvalue weighted by Crippen LogP contribution is -2.33. The highest BCUT2D eigenvalue weighted by atomic mass is 16.3. The van der Waals surface area contributed by atoms with Crippen molar-refractivity contribution in [2.24, 2.45) is 5.10 Å². The first-order chi connectivity index (χ1) is 13.1. The number of aryl methyl sites for hydroxylation is 2. The number of rotatable bonds is 3. The number of hydrogen-bond acceptors (Lipinski definition) is 5. The summed E-state index contributed by atoms with van der Waals surface area (Å²) in [5.74, 6) is -1.04. The van der Waals surface area contributed by atoms with Crippen LogP contribution in [0.3, 0.4) is 0 Å². The second-order valence-electron chi connectivity index (χ2n) is 6.39. The van der Waals surface area contributed by atoms with E-state index in [0.717, 1.165) is 18.4 Å². The number of aromatic hydroxyl groups is 2. The standard InChI is InChI=1S/C20H17N3O4/c24-14-7-1-4-12(10-14)11-21-22-19(26)16-18(25)15-8-2-5-13-6-3-9-23(17(13)15)20(16)27/h1-2,4-5,7-8,10-11,24-25H,3,6,9H2,(H,22,26). The second-order valence-corrected chi connectivity index (χ2v) is 6.39. The van der Waals surface area contributed by atoms with Gasteiger partial charge in [-0.05, 0) is 42.2 Å². The van der Waals surface area contributed by atoms with Crippen molar-refractivity contribution in [3.63, 3.8) is 0 Å². The molecule has 0 aliphatic carbocycles. The number of hydrazone groups is 1. The van der Waals surface area contributed by atoms with Gasteiger partial charge >= 0.3 is 0 Å². The summed E-state index contributed by atoms with van der Waals surface area (Å²) < 4.78 is 1.54. The Kier molecular flexibility index (Phi) is 4.12. The van der Waals surface area contributed by atoms with Gasteiger partial charge in [0.2, 0.25) is 0 Å². The zero-order chi connectivity index (χ0) is 19.0. The van der Waals surface area contributed by atoms with E-state index >= 15 is 0 Å². The van der Waals surface area contributed by atoms with E-state index < -0.39 is 11.5 Å². The molecule has 27 heavy (non-hydrogen) atoms. The molecule has 1 aliphatic heterocycles. The largest absolute Gasteiger partial charge is 0.508 e. The number of nitrogens with one attached hydrogen (secondary N) is 1. The van der Waals surface area contributed by atoms with Gasteiger partial charge in [0, 0.05) is 11.9 Å². The van der Waals surface area contributed by atoms with E-state index in [1.54, 1.807) is 28.8 Å². The summed E-state index contributed by atoms with van der Waals surface area (Å²) >= 11 is 0. The van der Waals surface area contributed by atoms with E-state index in [-0.39, 0.29) is 17.1 Å². The predicted molar refractivity (Wildman–Crippen MR) is 101 cm³/mol. The van der Waals surface area contributed by atoms with Crippen molar-refractivity contribution in [2.45, 2.75) is 19.4 Å². The molecule has 4 rings (SSSR count). The molecule has 1 aromatic heterocycles. The molecule has 3 N–H and O–H groups in total. The van der Waals surface area contributed by atoms with Gasteiger partial charge in [0.25, 0.3) is 11.5 Å². The molecule has 1 amide bonds. The molecular formula is C20H17N3O4. The molecule has 0 saturated heterocycles. The highest BCUT2D eigenvalue weighted by Crippen LogP contribution is 2.31. The SMILES string of the molecule is O=C(NN=Cc1cccc(O)c1)c1c(O)c2cccc3c2n(c1=O)CCC3. The lowest BCUT2D eigenvalue weighted by atomic mass is 9.99. The van der Waals surface area contributed by atoms with Crippen LogP contribution in [0.5, 0.6) is 11.5 Å². The molecule has 0 bridgehead atoms. The van der Waals surface area contributed by atoms with Crippen molar-refractivity contribution >= 4 is 23.0 Å². The zero-order valence-corrected chi connectivity index (χ0v) is 14.3. The Morgan fingerprint density at radius 1 is 1.19 bits per heavy atom. The quantitative estimate of drug-likeness (QED) is 0.490. The minimum atomic E-state index is -0.782. The van der Waals surface area contributed by atoms with E-state index in [2.05, 4.69) is 10.5 Å². The summed E-state index contributed by atoms with van der Waals surface area (Å²) in [7, 11) is 0. The number of amides is 1. The van der Waals surface area contributed by atoms with Crippen LogP contribution < -0.4 is 11.0 Å². The summed E-state index contributed by atoms with van der Waals surface area (Å²) in [6, 6.07) is 11.8. The number of nitrogens with zero attached hydrogens (tertiary/aromatic N) is 2. The first kappa shape index (κ1) is 16.8. The fourth-order valence-electron chi connectivity index (χ4n) is 3.45. The third-order valence-electron chi connectivity index (χ3n) is 4.65. The Hall–Kier alpha value is -3.61. The number of carbonyl (C=O) groups excluding carboxylic acids is 1. The number of carbonyl (C=O) groups is 1. The maximum absolute atomic E-state index is 12.8. The van der Waals surface area contributed by atoms with Crippen LogP contribution in [0.1, 0.15) is 27.9 Å². The molecule has 0 atom stereocenters. The van der Waals surface area contributed by atoms with Crippen LogP contribution in [-0.2, 0) is 13.0 Å². The van der Waals surface area contributed by atoms with Crippen LogP contribution in [-0.4, -0.2) is 26.9 Å². The number of pyridine rings is 1. The number of aromatic nitrogens is 1. The molecule has 2 aromatic carbocycles. The van der Waals surface area contributed by atoms with E-state index in [4.69, 9.17) is 0 Å². The van der Waals surface area contributed by atoms with Crippen LogP contribution in [0, 0.1) is 0 Å². The monoisotopic (exact) mass is 363 g/mol. The summed E-state index contributed by atoms with van der Waals surface area (Å²) in [6.07, 6.45) is 2.97. The molecule has 0 fully saturated rings. The summed E-state index contributed by atoms with van der Waals surface area (Å²) in [5, 5.41) is 24.3. The lowest BCUT2D eigenvalue weighted by molar-refractivity contribution is 0.0950. The average Bonchev–Trinajstić information content (AvgIpc) is 2.66. The molecular weight excluding hydrogens is 346 g/mol. The second kappa shape index (κ2) is 6.60. The van der Waals surface area contributed by atoms with Gasteiger partial charge in [0.1, 0.15) is 17.1 Å². The van der Waals surface area contributed by atoms with E-state index in [9.17, 15) is 19.8 Å². The zero-order valence-electron chi connectivity index (χ0n) is 14.3. The number of para-hydroxylation sites is 1. The van der Waals surface area contributed by atoms with E-state index in [1.807, 2.05) is 6.07 Å². The Morgan fingerprint density at radius 3 is 2.81 bits per heavy atom. The highest BCUT2D eigenvalue weighted by Gasteiger charge is 2.24. The lowest BCUT2D eigenvalue weighted by Gasteiger charge is -2.21. The molecule has 0 radical (unpaired) electrons. The van der Waals surface area contributed by atoms with Crippen LogP contribution in [0.15, 0.2) is 52.4 Å². The van der Waals surface area contributed by atoms with Gasteiger partial charge in [-0.2, -0.15) is 5.10 Å². The normalized spacial score (nSPS) is 13.2. The molecule has 7 nitrogen and oxygen atoms in total. The summed E-state index contributed by atoms with van der Waals surface area (Å²) in [4.78, 5) is 25.3. The van der Waals surface area contributed by atoms with Gasteiger partial charge in [-0.15, -0.1) is 0 Å². The minimum absolute atomic E-state index is 0.0746. The van der Waals surface area contributed by atoms with Gasteiger partial charge in [-0.1, -0.05) is 24.3 Å². The van der Waals surface area contributed by atoms with Crippen molar-refractivity contribution in [3.8, 4) is 11.5 Å². The third-order valence-corrected chi connectivity index (χ3v) is 4.65. The van der Waals surface area contributed by atoms with Crippen LogP contribution >= 0.6 is 0 Å². The van der Waals surface area contributed by atoms with Crippen LogP contribution in [0.2, 0.25) is 0 Å². The maximum atomic E-state index is 12.8. The van der Waals surface area contributed by atoms with Crippen molar-refractivity contribution in [1.29, 1.82) is 0 Å². The van der Waals surface area contributed by atoms with Crippen LogP contribution in [0.4, 0.5) is 0 Å². The van der Waals surface area contributed by atoms with Gasteiger partial charge in [0.05, 0.1) is 11.7 Å². The predicted octanol–water partition coefficient (Wildman–Crippen LogP) is 2.12. The number of benzene rings is 2. The molecule has 0 spiro atoms. The summed E-state index contributed by atoms with van der Waals surface area (Å²) in [6.45, 7) is 0.499. The smallest absolute Gasteiger partial charge is 0.280 e. The molecule has 2 heterocycles. The van der Waals surface area contributed by atoms with E-state index in [1.165, 1.54) is 18.3 Å². The molecule has 1 aliphatic rings. The molecule has 0 saturated carbocycles. The molecule has 136 valence electrons. The van der Waals surface area contributed by atoms with Gasteiger partial charge in [-0.3, -0.25) is 9.59 Å². The topological polar surface area (TPSA) is 104 Å². The fourth-order valence-corrected chi connectivity index (χ4v) is 3.45. The van der Waals surface area contributed by atoms with Crippen molar-refractivity contribution < 1.29 is 15.0 Å². The number of phenolic OH excluding ortho intramolecular Hbond substituents is 1. The Balaban J connectivity index is 1.71. The Bertz CT molecular complexity index is 1150. The Morgan fingerprint density at radius 2 is 2.00 bits per heavy atom. The van der Waals surface area contributed by atoms with Gasteiger partial charge < -0.3 is 14.8 Å².